The summed E-state index contributed by atoms with van der Waals surface area (Å²) in [7, 11) is 4.31. The second-order valence-electron chi connectivity index (χ2n) is 5.74. The van der Waals surface area contributed by atoms with Gasteiger partial charge >= 0.3 is 0 Å². The average Bonchev–Trinajstić information content (AvgIpc) is 2.28. The Balaban J connectivity index is 2.13. The molecule has 0 unspecified atom stereocenters. The van der Waals surface area contributed by atoms with Gasteiger partial charge < -0.3 is 16.0 Å². The van der Waals surface area contributed by atoms with Gasteiger partial charge in [0.25, 0.3) is 0 Å². The minimum Gasteiger partial charge on any atom is -0.389 e. The topological polar surface area (TPSA) is 41.3 Å². The van der Waals surface area contributed by atoms with Crippen molar-refractivity contribution >= 4 is 22.9 Å². The summed E-state index contributed by atoms with van der Waals surface area (Å²) in [6.07, 6.45) is 3.82. The molecule has 1 aromatic rings. The third kappa shape index (κ3) is 2.90. The molecule has 0 spiro atoms. The molecule has 0 bridgehead atoms. The number of nitrogens with one attached hydrogen (secondary N) is 1. The van der Waals surface area contributed by atoms with E-state index in [-0.39, 0.29) is 0 Å². The van der Waals surface area contributed by atoms with E-state index in [2.05, 4.69) is 43.4 Å². The van der Waals surface area contributed by atoms with Crippen molar-refractivity contribution in [3.8, 4) is 0 Å². The fourth-order valence-corrected chi connectivity index (χ4v) is 2.81. The van der Waals surface area contributed by atoms with Crippen LogP contribution in [0.3, 0.4) is 0 Å². The standard InChI is InChI=1S/C15H23N3S/c1-11-5-6-13(12(9-11)14(16)19)17-10-15(18(2)3)7-4-8-15/h5-6,9,17H,4,7-8,10H2,1-3H3,(H2,16,19). The summed E-state index contributed by atoms with van der Waals surface area (Å²) in [6, 6.07) is 6.22. The van der Waals surface area contributed by atoms with Crippen molar-refractivity contribution < 1.29 is 0 Å². The molecule has 3 N–H and O–H groups in total. The summed E-state index contributed by atoms with van der Waals surface area (Å²) in [5.74, 6) is 0. The van der Waals surface area contributed by atoms with E-state index < -0.39 is 0 Å². The van der Waals surface area contributed by atoms with E-state index in [0.717, 1.165) is 17.8 Å². The van der Waals surface area contributed by atoms with Gasteiger partial charge in [-0.2, -0.15) is 0 Å². The molecule has 1 aromatic carbocycles. The maximum Gasteiger partial charge on any atom is 0.106 e. The highest BCUT2D eigenvalue weighted by molar-refractivity contribution is 7.80. The number of rotatable bonds is 5. The van der Waals surface area contributed by atoms with Gasteiger partial charge in [0.15, 0.2) is 0 Å². The molecule has 0 heterocycles. The van der Waals surface area contributed by atoms with E-state index >= 15 is 0 Å². The number of likely N-dealkylation sites (N-methyl/N-ethyl adjacent to an activating group) is 1. The van der Waals surface area contributed by atoms with Gasteiger partial charge in [-0.25, -0.2) is 0 Å². The monoisotopic (exact) mass is 277 g/mol. The van der Waals surface area contributed by atoms with Gasteiger partial charge in [-0.3, -0.25) is 0 Å². The van der Waals surface area contributed by atoms with Crippen molar-refractivity contribution in [3.05, 3.63) is 29.3 Å². The van der Waals surface area contributed by atoms with E-state index in [1.807, 2.05) is 6.07 Å². The normalized spacial score (nSPS) is 17.1. The van der Waals surface area contributed by atoms with Crippen LogP contribution in [0.5, 0.6) is 0 Å². The molecule has 2 rings (SSSR count). The highest BCUT2D eigenvalue weighted by atomic mass is 32.1. The van der Waals surface area contributed by atoms with Crippen LogP contribution in [-0.2, 0) is 0 Å². The van der Waals surface area contributed by atoms with Gasteiger partial charge in [-0.05, 0) is 52.4 Å². The first-order valence-electron chi connectivity index (χ1n) is 6.76. The molecule has 0 saturated heterocycles. The van der Waals surface area contributed by atoms with Crippen LogP contribution in [0.2, 0.25) is 0 Å². The molecule has 0 amide bonds. The summed E-state index contributed by atoms with van der Waals surface area (Å²) in [5, 5.41) is 3.54. The van der Waals surface area contributed by atoms with Gasteiger partial charge in [-0.15, -0.1) is 0 Å². The molecule has 1 aliphatic rings. The zero-order valence-corrected chi connectivity index (χ0v) is 12.8. The molecule has 1 fully saturated rings. The number of anilines is 1. The van der Waals surface area contributed by atoms with E-state index in [9.17, 15) is 0 Å². The first kappa shape index (κ1) is 14.3. The number of aryl methyl sites for hydroxylation is 1. The highest BCUT2D eigenvalue weighted by Crippen LogP contribution is 2.36. The molecule has 0 atom stereocenters. The fourth-order valence-electron chi connectivity index (χ4n) is 2.64. The number of nitrogens with two attached hydrogens (primary N) is 1. The molecule has 0 aromatic heterocycles. The summed E-state index contributed by atoms with van der Waals surface area (Å²) in [5.41, 5.74) is 9.27. The molecule has 1 saturated carbocycles. The molecular weight excluding hydrogens is 254 g/mol. The quantitative estimate of drug-likeness (QED) is 0.812. The van der Waals surface area contributed by atoms with Crippen molar-refractivity contribution in [2.24, 2.45) is 5.73 Å². The van der Waals surface area contributed by atoms with Crippen LogP contribution in [-0.4, -0.2) is 36.1 Å². The van der Waals surface area contributed by atoms with E-state index in [1.54, 1.807) is 0 Å². The average molecular weight is 277 g/mol. The number of benzene rings is 1. The Morgan fingerprint density at radius 2 is 2.11 bits per heavy atom. The Bertz CT molecular complexity index is 478. The molecule has 19 heavy (non-hydrogen) atoms. The Morgan fingerprint density at radius 3 is 2.58 bits per heavy atom. The summed E-state index contributed by atoms with van der Waals surface area (Å²) in [6.45, 7) is 3.00. The Morgan fingerprint density at radius 1 is 1.42 bits per heavy atom. The maximum absolute atomic E-state index is 5.81. The Kier molecular flexibility index (Phi) is 4.11. The van der Waals surface area contributed by atoms with Gasteiger partial charge in [0.1, 0.15) is 4.99 Å². The van der Waals surface area contributed by atoms with E-state index in [0.29, 0.717) is 10.5 Å². The predicted molar refractivity (Wildman–Crippen MR) is 85.8 cm³/mol. The second kappa shape index (κ2) is 5.47. The number of nitrogens with zero attached hydrogens (tertiary/aromatic N) is 1. The van der Waals surface area contributed by atoms with E-state index in [4.69, 9.17) is 18.0 Å². The minimum atomic E-state index is 0.290. The largest absolute Gasteiger partial charge is 0.389 e. The molecule has 104 valence electrons. The smallest absolute Gasteiger partial charge is 0.106 e. The van der Waals surface area contributed by atoms with Crippen LogP contribution >= 0.6 is 12.2 Å². The third-order valence-corrected chi connectivity index (χ3v) is 4.50. The number of hydrogen-bond acceptors (Lipinski definition) is 3. The third-order valence-electron chi connectivity index (χ3n) is 4.28. The zero-order chi connectivity index (χ0) is 14.0. The molecule has 0 radical (unpaired) electrons. The van der Waals surface area contributed by atoms with Gasteiger partial charge in [0, 0.05) is 23.3 Å². The van der Waals surface area contributed by atoms with Crippen molar-refractivity contribution in [2.45, 2.75) is 31.7 Å². The van der Waals surface area contributed by atoms with Crippen molar-refractivity contribution in [3.63, 3.8) is 0 Å². The zero-order valence-electron chi connectivity index (χ0n) is 12.0. The molecule has 1 aliphatic carbocycles. The van der Waals surface area contributed by atoms with Gasteiger partial charge in [0.2, 0.25) is 0 Å². The van der Waals surface area contributed by atoms with Crippen LogP contribution < -0.4 is 11.1 Å². The summed E-state index contributed by atoms with van der Waals surface area (Å²) in [4.78, 5) is 2.79. The van der Waals surface area contributed by atoms with Crippen molar-refractivity contribution in [2.75, 3.05) is 26.0 Å². The predicted octanol–water partition coefficient (Wildman–Crippen LogP) is 2.53. The minimum absolute atomic E-state index is 0.290. The van der Waals surface area contributed by atoms with E-state index in [1.165, 1.54) is 24.8 Å². The SMILES string of the molecule is Cc1ccc(NCC2(N(C)C)CCC2)c(C(N)=S)c1. The lowest BCUT2D eigenvalue weighted by Gasteiger charge is -2.47. The highest BCUT2D eigenvalue weighted by Gasteiger charge is 2.38. The lowest BCUT2D eigenvalue weighted by Crippen LogP contribution is -2.54. The van der Waals surface area contributed by atoms with Crippen LogP contribution in [0.4, 0.5) is 5.69 Å². The van der Waals surface area contributed by atoms with Crippen molar-refractivity contribution in [1.29, 1.82) is 0 Å². The van der Waals surface area contributed by atoms with Gasteiger partial charge in [0.05, 0.1) is 0 Å². The van der Waals surface area contributed by atoms with Crippen LogP contribution in [0, 0.1) is 6.92 Å². The lowest BCUT2D eigenvalue weighted by molar-refractivity contribution is 0.0739. The Hall–Kier alpha value is -1.13. The summed E-state index contributed by atoms with van der Waals surface area (Å²) < 4.78 is 0. The van der Waals surface area contributed by atoms with Crippen LogP contribution in [0.1, 0.15) is 30.4 Å². The van der Waals surface area contributed by atoms with Crippen molar-refractivity contribution in [1.82, 2.24) is 4.90 Å². The summed E-state index contributed by atoms with van der Waals surface area (Å²) >= 11 is 5.14. The molecule has 3 nitrogen and oxygen atoms in total. The van der Waals surface area contributed by atoms with Crippen LogP contribution in [0.25, 0.3) is 0 Å². The maximum atomic E-state index is 5.81. The van der Waals surface area contributed by atoms with Gasteiger partial charge in [-0.1, -0.05) is 23.8 Å². The molecular formula is C15H23N3S. The lowest BCUT2D eigenvalue weighted by atomic mass is 9.75. The Labute approximate surface area is 121 Å². The number of hydrogen-bond donors (Lipinski definition) is 2. The first-order chi connectivity index (χ1) is 8.94. The number of thiocarbonyl (C=S) groups is 1. The first-order valence-corrected chi connectivity index (χ1v) is 7.17. The molecule has 0 aliphatic heterocycles. The van der Waals surface area contributed by atoms with Crippen LogP contribution in [0.15, 0.2) is 18.2 Å². The fraction of sp³-hybridized carbons (Fsp3) is 0.533. The molecule has 4 heteroatoms. The second-order valence-corrected chi connectivity index (χ2v) is 6.18.